The Morgan fingerprint density at radius 1 is 1.08 bits per heavy atom. The number of hydrogen-bond acceptors (Lipinski definition) is 6. The lowest BCUT2D eigenvalue weighted by Gasteiger charge is -2.18. The standard InChI is InChI=1S/C20H20N4O2/c1-3-26-20(25)15-9-11-16(12-10-15)23-18-13-19(22-14-21-18)24(2)17-7-5-4-6-8-17/h4-14H,3H2,1-2H3,(H,21,22,23). The molecule has 0 fully saturated rings. The number of carbonyl (C=O) groups is 1. The largest absolute Gasteiger partial charge is 0.462 e. The van der Waals surface area contributed by atoms with Crippen molar-refractivity contribution in [3.63, 3.8) is 0 Å². The number of anilines is 4. The summed E-state index contributed by atoms with van der Waals surface area (Å²) in [6, 6.07) is 18.9. The number of rotatable bonds is 6. The van der Waals surface area contributed by atoms with Crippen molar-refractivity contribution >= 4 is 29.0 Å². The molecular formula is C20H20N4O2. The van der Waals surface area contributed by atoms with Gasteiger partial charge < -0.3 is 15.0 Å². The van der Waals surface area contributed by atoms with Gasteiger partial charge >= 0.3 is 5.97 Å². The molecule has 0 bridgehead atoms. The van der Waals surface area contributed by atoms with Crippen LogP contribution in [0.2, 0.25) is 0 Å². The van der Waals surface area contributed by atoms with E-state index in [1.807, 2.05) is 60.5 Å². The van der Waals surface area contributed by atoms with E-state index in [1.165, 1.54) is 6.33 Å². The number of aromatic nitrogens is 2. The van der Waals surface area contributed by atoms with Crippen LogP contribution >= 0.6 is 0 Å². The van der Waals surface area contributed by atoms with Crippen molar-refractivity contribution in [1.82, 2.24) is 9.97 Å². The summed E-state index contributed by atoms with van der Waals surface area (Å²) < 4.78 is 4.98. The molecule has 6 heteroatoms. The number of hydrogen-bond donors (Lipinski definition) is 1. The fourth-order valence-electron chi connectivity index (χ4n) is 2.43. The van der Waals surface area contributed by atoms with Crippen LogP contribution in [-0.2, 0) is 4.74 Å². The van der Waals surface area contributed by atoms with Gasteiger partial charge in [0.2, 0.25) is 0 Å². The topological polar surface area (TPSA) is 67.3 Å². The molecule has 1 aromatic heterocycles. The van der Waals surface area contributed by atoms with Crippen molar-refractivity contribution in [2.24, 2.45) is 0 Å². The Morgan fingerprint density at radius 2 is 1.81 bits per heavy atom. The third-order valence-corrected chi connectivity index (χ3v) is 3.81. The highest BCUT2D eigenvalue weighted by Crippen LogP contribution is 2.23. The van der Waals surface area contributed by atoms with Gasteiger partial charge in [0.1, 0.15) is 18.0 Å². The Balaban J connectivity index is 1.74. The lowest BCUT2D eigenvalue weighted by molar-refractivity contribution is 0.0526. The van der Waals surface area contributed by atoms with Gasteiger partial charge in [0.05, 0.1) is 12.2 Å². The second kappa shape index (κ2) is 8.11. The van der Waals surface area contributed by atoms with E-state index in [0.717, 1.165) is 17.2 Å². The zero-order chi connectivity index (χ0) is 18.4. The molecule has 3 rings (SSSR count). The van der Waals surface area contributed by atoms with Crippen LogP contribution < -0.4 is 10.2 Å². The maximum absolute atomic E-state index is 11.7. The molecule has 0 aliphatic rings. The Bertz CT molecular complexity index is 866. The molecule has 0 unspecified atom stereocenters. The van der Waals surface area contributed by atoms with Gasteiger partial charge in [0, 0.05) is 24.5 Å². The molecule has 0 amide bonds. The average molecular weight is 348 g/mol. The van der Waals surface area contributed by atoms with E-state index in [0.29, 0.717) is 18.0 Å². The van der Waals surface area contributed by atoms with E-state index in [2.05, 4.69) is 15.3 Å². The van der Waals surface area contributed by atoms with Crippen molar-refractivity contribution in [2.45, 2.75) is 6.92 Å². The summed E-state index contributed by atoms with van der Waals surface area (Å²) in [5.41, 5.74) is 2.38. The fourth-order valence-corrected chi connectivity index (χ4v) is 2.43. The molecule has 0 aliphatic carbocycles. The predicted molar refractivity (Wildman–Crippen MR) is 102 cm³/mol. The Hall–Kier alpha value is -3.41. The van der Waals surface area contributed by atoms with Crippen molar-refractivity contribution in [3.05, 3.63) is 72.6 Å². The Labute approximate surface area is 152 Å². The van der Waals surface area contributed by atoms with Crippen LogP contribution in [0.3, 0.4) is 0 Å². The predicted octanol–water partition coefficient (Wildman–Crippen LogP) is 4.16. The Morgan fingerprint density at radius 3 is 2.50 bits per heavy atom. The average Bonchev–Trinajstić information content (AvgIpc) is 2.69. The SMILES string of the molecule is CCOC(=O)c1ccc(Nc2cc(N(C)c3ccccc3)ncn2)cc1. The number of esters is 1. The van der Waals surface area contributed by atoms with E-state index >= 15 is 0 Å². The van der Waals surface area contributed by atoms with Crippen LogP contribution in [-0.4, -0.2) is 29.6 Å². The Kier molecular flexibility index (Phi) is 5.43. The molecular weight excluding hydrogens is 328 g/mol. The van der Waals surface area contributed by atoms with Gasteiger partial charge in [-0.05, 0) is 43.3 Å². The lowest BCUT2D eigenvalue weighted by Crippen LogP contribution is -2.11. The molecule has 0 radical (unpaired) electrons. The fraction of sp³-hybridized carbons (Fsp3) is 0.150. The van der Waals surface area contributed by atoms with Crippen molar-refractivity contribution in [3.8, 4) is 0 Å². The summed E-state index contributed by atoms with van der Waals surface area (Å²) in [5, 5.41) is 3.22. The van der Waals surface area contributed by atoms with Gasteiger partial charge in [-0.3, -0.25) is 0 Å². The number of carbonyl (C=O) groups excluding carboxylic acids is 1. The normalized spacial score (nSPS) is 10.2. The van der Waals surface area contributed by atoms with E-state index in [4.69, 9.17) is 4.74 Å². The van der Waals surface area contributed by atoms with Crippen LogP contribution in [0.25, 0.3) is 0 Å². The number of ether oxygens (including phenoxy) is 1. The summed E-state index contributed by atoms with van der Waals surface area (Å²) >= 11 is 0. The maximum Gasteiger partial charge on any atom is 0.338 e. The minimum atomic E-state index is -0.326. The molecule has 0 saturated heterocycles. The highest BCUT2D eigenvalue weighted by molar-refractivity contribution is 5.89. The first-order chi connectivity index (χ1) is 12.7. The minimum absolute atomic E-state index is 0.326. The third-order valence-electron chi connectivity index (χ3n) is 3.81. The summed E-state index contributed by atoms with van der Waals surface area (Å²) in [7, 11) is 1.95. The van der Waals surface area contributed by atoms with Crippen molar-refractivity contribution < 1.29 is 9.53 Å². The second-order valence-electron chi connectivity index (χ2n) is 5.58. The first-order valence-corrected chi connectivity index (χ1v) is 8.32. The number of para-hydroxylation sites is 1. The zero-order valence-electron chi connectivity index (χ0n) is 14.7. The van der Waals surface area contributed by atoms with E-state index in [-0.39, 0.29) is 5.97 Å². The van der Waals surface area contributed by atoms with Crippen LogP contribution in [0.4, 0.5) is 23.0 Å². The number of benzene rings is 2. The monoisotopic (exact) mass is 348 g/mol. The van der Waals surface area contributed by atoms with Crippen molar-refractivity contribution in [1.29, 1.82) is 0 Å². The van der Waals surface area contributed by atoms with Crippen molar-refractivity contribution in [2.75, 3.05) is 23.9 Å². The molecule has 132 valence electrons. The molecule has 6 nitrogen and oxygen atoms in total. The highest BCUT2D eigenvalue weighted by Gasteiger charge is 2.08. The summed E-state index contributed by atoms with van der Waals surface area (Å²) in [6.07, 6.45) is 1.52. The van der Waals surface area contributed by atoms with E-state index < -0.39 is 0 Å². The van der Waals surface area contributed by atoms with Gasteiger partial charge in [-0.2, -0.15) is 0 Å². The summed E-state index contributed by atoms with van der Waals surface area (Å²) in [6.45, 7) is 2.14. The molecule has 26 heavy (non-hydrogen) atoms. The highest BCUT2D eigenvalue weighted by atomic mass is 16.5. The van der Waals surface area contributed by atoms with Crippen LogP contribution in [0.5, 0.6) is 0 Å². The molecule has 2 aromatic carbocycles. The zero-order valence-corrected chi connectivity index (χ0v) is 14.7. The van der Waals surface area contributed by atoms with Crippen LogP contribution in [0.15, 0.2) is 67.0 Å². The molecule has 3 aromatic rings. The molecule has 0 atom stereocenters. The molecule has 0 spiro atoms. The van der Waals surface area contributed by atoms with Gasteiger partial charge in [0.15, 0.2) is 0 Å². The quantitative estimate of drug-likeness (QED) is 0.675. The minimum Gasteiger partial charge on any atom is -0.462 e. The number of nitrogens with one attached hydrogen (secondary N) is 1. The first kappa shape index (κ1) is 17.4. The molecule has 1 N–H and O–H groups in total. The third kappa shape index (κ3) is 4.16. The van der Waals surface area contributed by atoms with Crippen LogP contribution in [0, 0.1) is 0 Å². The molecule has 0 aliphatic heterocycles. The van der Waals surface area contributed by atoms with Gasteiger partial charge in [-0.25, -0.2) is 14.8 Å². The van der Waals surface area contributed by atoms with E-state index in [9.17, 15) is 4.79 Å². The van der Waals surface area contributed by atoms with Gasteiger partial charge in [-0.1, -0.05) is 18.2 Å². The van der Waals surface area contributed by atoms with Gasteiger partial charge in [0.25, 0.3) is 0 Å². The van der Waals surface area contributed by atoms with Crippen LogP contribution in [0.1, 0.15) is 17.3 Å². The lowest BCUT2D eigenvalue weighted by atomic mass is 10.2. The number of nitrogens with zero attached hydrogens (tertiary/aromatic N) is 3. The first-order valence-electron chi connectivity index (χ1n) is 8.32. The molecule has 0 saturated carbocycles. The summed E-state index contributed by atoms with van der Waals surface area (Å²) in [4.78, 5) is 22.3. The summed E-state index contributed by atoms with van der Waals surface area (Å²) in [5.74, 6) is 1.12. The van der Waals surface area contributed by atoms with E-state index in [1.54, 1.807) is 19.1 Å². The smallest absolute Gasteiger partial charge is 0.338 e. The maximum atomic E-state index is 11.7. The van der Waals surface area contributed by atoms with Gasteiger partial charge in [-0.15, -0.1) is 0 Å². The molecule has 1 heterocycles. The second-order valence-corrected chi connectivity index (χ2v) is 5.58.